The molecule has 1 saturated carbocycles. The van der Waals surface area contributed by atoms with Crippen molar-refractivity contribution >= 4 is 5.91 Å². The summed E-state index contributed by atoms with van der Waals surface area (Å²) >= 11 is 0. The molecule has 4 heterocycles. The van der Waals surface area contributed by atoms with E-state index in [1.54, 1.807) is 17.1 Å². The van der Waals surface area contributed by atoms with Gasteiger partial charge in [0.05, 0.1) is 0 Å². The molecule has 1 saturated heterocycles. The van der Waals surface area contributed by atoms with Crippen molar-refractivity contribution < 1.29 is 9.32 Å². The maximum absolute atomic E-state index is 12.4. The Kier molecular flexibility index (Phi) is 3.95. The fraction of sp³-hybridized carbons (Fsp3) is 0.529. The van der Waals surface area contributed by atoms with Gasteiger partial charge in [-0.3, -0.25) is 4.79 Å². The van der Waals surface area contributed by atoms with E-state index in [1.165, 1.54) is 25.4 Å². The lowest BCUT2D eigenvalue weighted by Gasteiger charge is -2.31. The minimum atomic E-state index is -0.0715. The van der Waals surface area contributed by atoms with Crippen molar-refractivity contribution in [2.45, 2.75) is 44.2 Å². The van der Waals surface area contributed by atoms with Gasteiger partial charge >= 0.3 is 0 Å². The summed E-state index contributed by atoms with van der Waals surface area (Å²) < 4.78 is 8.84. The van der Waals surface area contributed by atoms with Crippen LogP contribution in [0.5, 0.6) is 0 Å². The summed E-state index contributed by atoms with van der Waals surface area (Å²) in [6.45, 7) is 1.95. The predicted molar refractivity (Wildman–Crippen MR) is 91.8 cm³/mol. The Morgan fingerprint density at radius 3 is 2.70 bits per heavy atom. The van der Waals surface area contributed by atoms with Gasteiger partial charge in [0.2, 0.25) is 0 Å². The predicted octanol–water partition coefficient (Wildman–Crippen LogP) is 1.26. The smallest absolute Gasteiger partial charge is 0.276 e. The first-order valence-electron chi connectivity index (χ1n) is 9.25. The molecule has 0 spiro atoms. The van der Waals surface area contributed by atoms with Gasteiger partial charge in [0.25, 0.3) is 5.91 Å². The molecular weight excluding hydrogens is 348 g/mol. The lowest BCUT2D eigenvalue weighted by atomic mass is 9.95. The lowest BCUT2D eigenvalue weighted by molar-refractivity contribution is 0.0699. The molecule has 3 aromatic rings. The third-order valence-corrected chi connectivity index (χ3v) is 5.28. The Balaban J connectivity index is 1.31. The number of aromatic nitrogens is 7. The highest BCUT2D eigenvalue weighted by molar-refractivity contribution is 5.92. The van der Waals surface area contributed by atoms with Gasteiger partial charge in [-0.05, 0) is 25.7 Å². The van der Waals surface area contributed by atoms with Crippen LogP contribution in [0.1, 0.15) is 59.8 Å². The van der Waals surface area contributed by atoms with E-state index in [-0.39, 0.29) is 5.91 Å². The number of hydrogen-bond donors (Lipinski definition) is 0. The number of hydrogen-bond acceptors (Lipinski definition) is 7. The average Bonchev–Trinajstić information content (AvgIpc) is 3.12. The summed E-state index contributed by atoms with van der Waals surface area (Å²) in [7, 11) is 0. The molecule has 0 atom stereocenters. The van der Waals surface area contributed by atoms with E-state index in [4.69, 9.17) is 4.52 Å². The monoisotopic (exact) mass is 368 g/mol. The van der Waals surface area contributed by atoms with Crippen molar-refractivity contribution in [2.75, 3.05) is 13.1 Å². The Hall–Kier alpha value is -3.04. The zero-order valence-corrected chi connectivity index (χ0v) is 14.8. The molecule has 0 bridgehead atoms. The number of carbonyl (C=O) groups excluding carboxylic acids is 1. The standard InChI is InChI=1S/C17H20N8O2/c26-17(14-5-8-27-22-14)23-6-3-12(4-7-23)16-21-20-15(25(16)13-1-2-13)9-24-11-18-10-19-24/h5,8,10-13H,1-4,6-7,9H2. The van der Waals surface area contributed by atoms with Crippen LogP contribution < -0.4 is 0 Å². The number of nitrogens with zero attached hydrogens (tertiary/aromatic N) is 8. The minimum absolute atomic E-state index is 0.0715. The molecule has 3 aromatic heterocycles. The fourth-order valence-electron chi connectivity index (χ4n) is 3.74. The number of likely N-dealkylation sites (tertiary alicyclic amines) is 1. The van der Waals surface area contributed by atoms with Crippen LogP contribution in [0.3, 0.4) is 0 Å². The van der Waals surface area contributed by atoms with Crippen molar-refractivity contribution in [1.82, 2.24) is 39.6 Å². The van der Waals surface area contributed by atoms with Crippen molar-refractivity contribution in [2.24, 2.45) is 0 Å². The SMILES string of the molecule is O=C(c1ccon1)N1CCC(c2nnc(Cn3cncn3)n2C2CC2)CC1. The van der Waals surface area contributed by atoms with Crippen molar-refractivity contribution in [3.8, 4) is 0 Å². The zero-order chi connectivity index (χ0) is 18.2. The number of piperidine rings is 1. The van der Waals surface area contributed by atoms with Gasteiger partial charge in [-0.2, -0.15) is 5.10 Å². The van der Waals surface area contributed by atoms with Gasteiger partial charge in [-0.25, -0.2) is 9.67 Å². The first kappa shape index (κ1) is 16.2. The van der Waals surface area contributed by atoms with Crippen LogP contribution in [0.15, 0.2) is 29.5 Å². The summed E-state index contributed by atoms with van der Waals surface area (Å²) in [6.07, 6.45) is 8.72. The molecule has 5 rings (SSSR count). The molecule has 27 heavy (non-hydrogen) atoms. The highest BCUT2D eigenvalue weighted by atomic mass is 16.5. The molecule has 0 unspecified atom stereocenters. The van der Waals surface area contributed by atoms with Crippen LogP contribution in [0.25, 0.3) is 0 Å². The van der Waals surface area contributed by atoms with Crippen molar-refractivity contribution in [3.63, 3.8) is 0 Å². The molecule has 1 aliphatic carbocycles. The molecule has 10 heteroatoms. The van der Waals surface area contributed by atoms with E-state index in [2.05, 4.69) is 30.0 Å². The summed E-state index contributed by atoms with van der Waals surface area (Å²) in [5, 5.41) is 16.9. The van der Waals surface area contributed by atoms with Gasteiger partial charge in [0, 0.05) is 31.1 Å². The van der Waals surface area contributed by atoms with E-state index in [9.17, 15) is 4.79 Å². The summed E-state index contributed by atoms with van der Waals surface area (Å²) in [5.74, 6) is 2.21. The fourth-order valence-corrected chi connectivity index (χ4v) is 3.74. The highest BCUT2D eigenvalue weighted by Gasteiger charge is 2.34. The van der Waals surface area contributed by atoms with Crippen LogP contribution in [0.4, 0.5) is 0 Å². The largest absolute Gasteiger partial charge is 0.364 e. The third kappa shape index (κ3) is 3.11. The molecule has 140 valence electrons. The van der Waals surface area contributed by atoms with E-state index in [1.807, 2.05) is 4.90 Å². The average molecular weight is 368 g/mol. The van der Waals surface area contributed by atoms with E-state index >= 15 is 0 Å². The number of amides is 1. The summed E-state index contributed by atoms with van der Waals surface area (Å²) in [6, 6.07) is 2.09. The molecule has 2 fully saturated rings. The molecule has 2 aliphatic rings. The van der Waals surface area contributed by atoms with Crippen molar-refractivity contribution in [1.29, 1.82) is 0 Å². The van der Waals surface area contributed by atoms with E-state index in [0.717, 1.165) is 24.5 Å². The first-order valence-corrected chi connectivity index (χ1v) is 9.25. The second-order valence-corrected chi connectivity index (χ2v) is 7.12. The van der Waals surface area contributed by atoms with Gasteiger partial charge in [0.1, 0.15) is 31.3 Å². The quantitative estimate of drug-likeness (QED) is 0.667. The maximum Gasteiger partial charge on any atom is 0.276 e. The van der Waals surface area contributed by atoms with Crippen LogP contribution in [0.2, 0.25) is 0 Å². The van der Waals surface area contributed by atoms with Gasteiger partial charge in [-0.15, -0.1) is 10.2 Å². The van der Waals surface area contributed by atoms with Crippen LogP contribution >= 0.6 is 0 Å². The third-order valence-electron chi connectivity index (χ3n) is 5.28. The van der Waals surface area contributed by atoms with Crippen LogP contribution in [0, 0.1) is 0 Å². The van der Waals surface area contributed by atoms with Crippen LogP contribution in [-0.4, -0.2) is 58.6 Å². The second kappa shape index (κ2) is 6.60. The number of rotatable bonds is 5. The maximum atomic E-state index is 12.4. The van der Waals surface area contributed by atoms with Crippen LogP contribution in [-0.2, 0) is 6.54 Å². The van der Waals surface area contributed by atoms with E-state index < -0.39 is 0 Å². The Labute approximate surface area is 155 Å². The molecule has 1 aliphatic heterocycles. The summed E-state index contributed by atoms with van der Waals surface area (Å²) in [4.78, 5) is 18.3. The second-order valence-electron chi connectivity index (χ2n) is 7.12. The molecule has 10 nitrogen and oxygen atoms in total. The molecule has 0 aromatic carbocycles. The van der Waals surface area contributed by atoms with E-state index in [0.29, 0.717) is 37.3 Å². The molecule has 1 amide bonds. The Morgan fingerprint density at radius 2 is 2.04 bits per heavy atom. The molecular formula is C17H20N8O2. The molecule has 0 N–H and O–H groups in total. The highest BCUT2D eigenvalue weighted by Crippen LogP contribution is 2.40. The normalized spacial score (nSPS) is 18.1. The van der Waals surface area contributed by atoms with Gasteiger partial charge in [0.15, 0.2) is 11.5 Å². The minimum Gasteiger partial charge on any atom is -0.364 e. The van der Waals surface area contributed by atoms with Gasteiger partial charge in [-0.1, -0.05) is 5.16 Å². The lowest BCUT2D eigenvalue weighted by Crippen LogP contribution is -2.38. The first-order chi connectivity index (χ1) is 13.3. The topological polar surface area (TPSA) is 108 Å². The van der Waals surface area contributed by atoms with Gasteiger partial charge < -0.3 is 14.0 Å². The van der Waals surface area contributed by atoms with Crippen molar-refractivity contribution in [3.05, 3.63) is 42.3 Å². The number of carbonyl (C=O) groups is 1. The zero-order valence-electron chi connectivity index (χ0n) is 14.8. The Bertz CT molecular complexity index is 905. The molecule has 0 radical (unpaired) electrons. The Morgan fingerprint density at radius 1 is 1.19 bits per heavy atom. The summed E-state index contributed by atoms with van der Waals surface area (Å²) in [5.41, 5.74) is 0.365.